The van der Waals surface area contributed by atoms with Gasteiger partial charge in [0.05, 0.1) is 16.4 Å². The molecule has 11 heteroatoms. The summed E-state index contributed by atoms with van der Waals surface area (Å²) in [6, 6.07) is 13.5. The Morgan fingerprint density at radius 1 is 1.07 bits per heavy atom. The molecule has 142 valence electrons. The summed E-state index contributed by atoms with van der Waals surface area (Å²) in [6.45, 7) is 0. The van der Waals surface area contributed by atoms with Crippen molar-refractivity contribution in [2.75, 3.05) is 4.31 Å². The number of hydrogen-bond acceptors (Lipinski definition) is 6. The largest absolute Gasteiger partial charge is 0.278 e. The van der Waals surface area contributed by atoms with Crippen molar-refractivity contribution in [3.05, 3.63) is 70.8 Å². The molecular weight excluding hydrogens is 425 g/mol. The summed E-state index contributed by atoms with van der Waals surface area (Å²) in [5, 5.41) is 15.2. The Morgan fingerprint density at radius 3 is 2.57 bits per heavy atom. The number of thiophene rings is 1. The second-order valence-corrected chi connectivity index (χ2v) is 8.95. The molecular formula is C17H11ClFN5O2S2. The number of nitrogens with one attached hydrogen (secondary N) is 1. The summed E-state index contributed by atoms with van der Waals surface area (Å²) < 4.78 is 41.6. The molecule has 4 rings (SSSR count). The van der Waals surface area contributed by atoms with Gasteiger partial charge in [-0.2, -0.15) is 13.6 Å². The minimum Gasteiger partial charge on any atom is -0.234 e. The van der Waals surface area contributed by atoms with Crippen LogP contribution in [0.25, 0.3) is 11.4 Å². The predicted octanol–water partition coefficient (Wildman–Crippen LogP) is 4.25. The molecule has 0 amide bonds. The summed E-state index contributed by atoms with van der Waals surface area (Å²) >= 11 is 6.99. The second kappa shape index (κ2) is 7.30. The van der Waals surface area contributed by atoms with E-state index >= 15 is 0 Å². The van der Waals surface area contributed by atoms with Crippen molar-refractivity contribution in [1.82, 2.24) is 20.6 Å². The predicted molar refractivity (Wildman–Crippen MR) is 105 cm³/mol. The van der Waals surface area contributed by atoms with E-state index in [2.05, 4.69) is 20.6 Å². The lowest BCUT2D eigenvalue weighted by molar-refractivity contribution is 0.598. The van der Waals surface area contributed by atoms with Crippen LogP contribution < -0.4 is 4.31 Å². The van der Waals surface area contributed by atoms with Gasteiger partial charge in [0.15, 0.2) is 0 Å². The highest BCUT2D eigenvalue weighted by Crippen LogP contribution is 2.36. The van der Waals surface area contributed by atoms with E-state index in [1.54, 1.807) is 35.7 Å². The van der Waals surface area contributed by atoms with E-state index in [4.69, 9.17) is 11.6 Å². The van der Waals surface area contributed by atoms with E-state index in [9.17, 15) is 12.8 Å². The van der Waals surface area contributed by atoms with Crippen LogP contribution in [-0.4, -0.2) is 29.0 Å². The van der Waals surface area contributed by atoms with Crippen LogP contribution in [-0.2, 0) is 10.0 Å². The number of aromatic amines is 1. The van der Waals surface area contributed by atoms with Crippen LogP contribution in [0.4, 0.5) is 15.8 Å². The number of halogens is 2. The highest BCUT2D eigenvalue weighted by atomic mass is 35.5. The zero-order valence-corrected chi connectivity index (χ0v) is 16.3. The van der Waals surface area contributed by atoms with E-state index < -0.39 is 15.8 Å². The molecule has 0 aliphatic heterocycles. The Bertz CT molecular complexity index is 1210. The van der Waals surface area contributed by atoms with Crippen molar-refractivity contribution < 1.29 is 12.8 Å². The van der Waals surface area contributed by atoms with Gasteiger partial charge in [-0.3, -0.25) is 0 Å². The number of rotatable bonds is 5. The van der Waals surface area contributed by atoms with Gasteiger partial charge in [0.2, 0.25) is 5.82 Å². The molecule has 0 fully saturated rings. The fourth-order valence-electron chi connectivity index (χ4n) is 2.59. The van der Waals surface area contributed by atoms with Crippen LogP contribution >= 0.6 is 22.9 Å². The van der Waals surface area contributed by atoms with Gasteiger partial charge in [-0.25, -0.2) is 8.70 Å². The van der Waals surface area contributed by atoms with Crippen molar-refractivity contribution in [1.29, 1.82) is 0 Å². The highest BCUT2D eigenvalue weighted by Gasteiger charge is 2.28. The third-order valence-corrected chi connectivity index (χ3v) is 7.23. The monoisotopic (exact) mass is 435 g/mol. The van der Waals surface area contributed by atoms with Gasteiger partial charge in [-0.15, -0.1) is 21.5 Å². The fourth-order valence-corrected chi connectivity index (χ4v) is 5.31. The average Bonchev–Trinajstić information content (AvgIpc) is 3.39. The first-order chi connectivity index (χ1) is 13.5. The number of nitrogens with zero attached hydrogens (tertiary/aromatic N) is 4. The molecule has 0 bridgehead atoms. The molecule has 2 aromatic heterocycles. The number of hydrogen-bond donors (Lipinski definition) is 1. The van der Waals surface area contributed by atoms with Gasteiger partial charge in [0.25, 0.3) is 10.0 Å². The van der Waals surface area contributed by atoms with Crippen LogP contribution in [0.3, 0.4) is 0 Å². The Morgan fingerprint density at radius 2 is 1.89 bits per heavy atom. The smallest absolute Gasteiger partial charge is 0.234 e. The normalized spacial score (nSPS) is 11.5. The van der Waals surface area contributed by atoms with Crippen LogP contribution in [0.15, 0.2) is 64.2 Å². The molecule has 0 atom stereocenters. The molecule has 0 saturated carbocycles. The van der Waals surface area contributed by atoms with Gasteiger partial charge in [-0.1, -0.05) is 29.8 Å². The van der Waals surface area contributed by atoms with E-state index in [1.807, 2.05) is 0 Å². The lowest BCUT2D eigenvalue weighted by Gasteiger charge is -2.24. The molecule has 0 saturated heterocycles. The van der Waals surface area contributed by atoms with Crippen LogP contribution in [0, 0.1) is 5.82 Å². The molecule has 4 aromatic rings. The summed E-state index contributed by atoms with van der Waals surface area (Å²) in [4.78, 5) is 0. The third kappa shape index (κ3) is 3.37. The lowest BCUT2D eigenvalue weighted by atomic mass is 10.2. The number of tetrazole rings is 1. The minimum absolute atomic E-state index is 0.137. The van der Waals surface area contributed by atoms with Crippen molar-refractivity contribution in [3.63, 3.8) is 0 Å². The molecule has 2 heterocycles. The SMILES string of the molecule is O=S(=O)(c1cccs1)N(c1cccc(-c2nn[nH]n2)c1)c1ccc(F)c(Cl)c1. The van der Waals surface area contributed by atoms with Gasteiger partial charge in [0.1, 0.15) is 10.0 Å². The molecule has 28 heavy (non-hydrogen) atoms. The third-order valence-electron chi connectivity index (χ3n) is 3.81. The standard InChI is InChI=1S/C17H11ClFN5O2S2/c18-14-10-13(6-7-15(14)19)24(28(25,26)16-5-2-8-27-16)12-4-1-3-11(9-12)17-20-22-23-21-17/h1-10H,(H,20,21,22,23). The minimum atomic E-state index is -3.97. The lowest BCUT2D eigenvalue weighted by Crippen LogP contribution is -2.25. The van der Waals surface area contributed by atoms with Crippen molar-refractivity contribution in [2.24, 2.45) is 0 Å². The van der Waals surface area contributed by atoms with Gasteiger partial charge in [-0.05, 0) is 47.0 Å². The van der Waals surface area contributed by atoms with Gasteiger partial charge in [0, 0.05) is 5.56 Å². The number of sulfonamides is 1. The number of aromatic nitrogens is 4. The Balaban J connectivity index is 1.91. The molecule has 7 nitrogen and oxygen atoms in total. The molecule has 0 aliphatic carbocycles. The van der Waals surface area contributed by atoms with Gasteiger partial charge < -0.3 is 0 Å². The van der Waals surface area contributed by atoms with Crippen LogP contribution in [0.5, 0.6) is 0 Å². The van der Waals surface area contributed by atoms with Crippen molar-refractivity contribution >= 4 is 44.3 Å². The zero-order chi connectivity index (χ0) is 19.7. The summed E-state index contributed by atoms with van der Waals surface area (Å²) in [6.07, 6.45) is 0. The van der Waals surface area contributed by atoms with E-state index in [1.165, 1.54) is 18.2 Å². The van der Waals surface area contributed by atoms with Crippen LogP contribution in [0.2, 0.25) is 5.02 Å². The quantitative estimate of drug-likeness (QED) is 0.506. The van der Waals surface area contributed by atoms with Gasteiger partial charge >= 0.3 is 0 Å². The Hall–Kier alpha value is -2.82. The molecule has 1 N–H and O–H groups in total. The summed E-state index contributed by atoms with van der Waals surface area (Å²) in [5.74, 6) is -0.327. The first kappa shape index (κ1) is 18.5. The fraction of sp³-hybridized carbons (Fsp3) is 0. The maximum atomic E-state index is 13.7. The molecule has 0 radical (unpaired) electrons. The second-order valence-electron chi connectivity index (χ2n) is 5.59. The van der Waals surface area contributed by atoms with E-state index in [-0.39, 0.29) is 14.9 Å². The van der Waals surface area contributed by atoms with Crippen LogP contribution in [0.1, 0.15) is 0 Å². The maximum absolute atomic E-state index is 13.7. The molecule has 0 spiro atoms. The molecule has 2 aromatic carbocycles. The van der Waals surface area contributed by atoms with Crippen molar-refractivity contribution in [3.8, 4) is 11.4 Å². The highest BCUT2D eigenvalue weighted by molar-refractivity contribution is 7.95. The maximum Gasteiger partial charge on any atom is 0.278 e. The Labute approximate surface area is 168 Å². The average molecular weight is 436 g/mol. The first-order valence-electron chi connectivity index (χ1n) is 7.84. The topological polar surface area (TPSA) is 91.8 Å². The Kier molecular flexibility index (Phi) is 4.84. The summed E-state index contributed by atoms with van der Waals surface area (Å²) in [7, 11) is -3.97. The van der Waals surface area contributed by atoms with E-state index in [0.29, 0.717) is 17.1 Å². The molecule has 0 aliphatic rings. The number of H-pyrrole nitrogens is 1. The number of benzene rings is 2. The molecule has 0 unspecified atom stereocenters. The first-order valence-corrected chi connectivity index (χ1v) is 10.5. The van der Waals surface area contributed by atoms with Crippen molar-refractivity contribution in [2.45, 2.75) is 4.21 Å². The van der Waals surface area contributed by atoms with E-state index in [0.717, 1.165) is 21.7 Å². The number of anilines is 2. The summed E-state index contributed by atoms with van der Waals surface area (Å²) in [5.41, 5.74) is 1.08. The zero-order valence-electron chi connectivity index (χ0n) is 14.0.